The zero-order chi connectivity index (χ0) is 15.5. The lowest BCUT2D eigenvalue weighted by Gasteiger charge is -2.13. The van der Waals surface area contributed by atoms with Gasteiger partial charge in [-0.15, -0.1) is 0 Å². The van der Waals surface area contributed by atoms with E-state index in [0.29, 0.717) is 19.6 Å². The van der Waals surface area contributed by atoms with E-state index in [4.69, 9.17) is 9.47 Å². The van der Waals surface area contributed by atoms with Gasteiger partial charge in [-0.25, -0.2) is 0 Å². The number of nitrogens with one attached hydrogen (secondary N) is 2. The molecule has 5 nitrogen and oxygen atoms in total. The highest BCUT2D eigenvalue weighted by Gasteiger charge is 2.06. The summed E-state index contributed by atoms with van der Waals surface area (Å²) in [6.07, 6.45) is 0.365. The minimum Gasteiger partial charge on any atom is -0.493 e. The first kappa shape index (κ1) is 17.5. The van der Waals surface area contributed by atoms with Gasteiger partial charge >= 0.3 is 0 Å². The standard InChI is InChI=1S/C16H26N2O3/c1-13(2)18-16(19)8-10-21-15-7-5-4-6-14(15)12-17-9-11-20-3/h4-7,13,17H,8-12H2,1-3H3,(H,18,19). The van der Waals surface area contributed by atoms with Crippen LogP contribution in [0.1, 0.15) is 25.8 Å². The molecule has 0 aromatic heterocycles. The molecule has 5 heteroatoms. The third-order valence-corrected chi connectivity index (χ3v) is 2.81. The van der Waals surface area contributed by atoms with Gasteiger partial charge in [-0.05, 0) is 19.9 Å². The summed E-state index contributed by atoms with van der Waals surface area (Å²) >= 11 is 0. The monoisotopic (exact) mass is 294 g/mol. The van der Waals surface area contributed by atoms with Crippen molar-refractivity contribution in [2.45, 2.75) is 32.9 Å². The molecule has 0 saturated heterocycles. The number of hydrogen-bond acceptors (Lipinski definition) is 4. The summed E-state index contributed by atoms with van der Waals surface area (Å²) in [6.45, 7) is 6.46. The minimum atomic E-state index is 0.0145. The molecule has 1 aromatic rings. The highest BCUT2D eigenvalue weighted by molar-refractivity contribution is 5.76. The fourth-order valence-corrected chi connectivity index (χ4v) is 1.84. The molecule has 0 aliphatic rings. The molecule has 0 aliphatic heterocycles. The molecule has 0 saturated carbocycles. The fraction of sp³-hybridized carbons (Fsp3) is 0.562. The maximum Gasteiger partial charge on any atom is 0.223 e. The molecule has 0 aliphatic carbocycles. The number of rotatable bonds is 10. The Hall–Kier alpha value is -1.59. The van der Waals surface area contributed by atoms with Crippen LogP contribution in [-0.4, -0.2) is 38.8 Å². The van der Waals surface area contributed by atoms with E-state index in [-0.39, 0.29) is 11.9 Å². The third kappa shape index (κ3) is 7.68. The molecular weight excluding hydrogens is 268 g/mol. The Morgan fingerprint density at radius 3 is 2.71 bits per heavy atom. The first-order valence-electron chi connectivity index (χ1n) is 7.33. The Morgan fingerprint density at radius 2 is 2.00 bits per heavy atom. The van der Waals surface area contributed by atoms with Gasteiger partial charge in [0.2, 0.25) is 5.91 Å². The van der Waals surface area contributed by atoms with Crippen molar-refractivity contribution in [3.8, 4) is 5.75 Å². The van der Waals surface area contributed by atoms with Crippen molar-refractivity contribution in [3.05, 3.63) is 29.8 Å². The first-order valence-corrected chi connectivity index (χ1v) is 7.33. The van der Waals surface area contributed by atoms with Gasteiger partial charge in [0.15, 0.2) is 0 Å². The zero-order valence-corrected chi connectivity index (χ0v) is 13.1. The van der Waals surface area contributed by atoms with E-state index < -0.39 is 0 Å². The fourth-order valence-electron chi connectivity index (χ4n) is 1.84. The molecule has 0 unspecified atom stereocenters. The van der Waals surface area contributed by atoms with Gasteiger partial charge in [-0.2, -0.15) is 0 Å². The van der Waals surface area contributed by atoms with Crippen LogP contribution in [0.3, 0.4) is 0 Å². The number of para-hydroxylation sites is 1. The van der Waals surface area contributed by atoms with Crippen molar-refractivity contribution in [2.75, 3.05) is 26.9 Å². The predicted octanol–water partition coefficient (Wildman–Crippen LogP) is 1.72. The predicted molar refractivity (Wildman–Crippen MR) is 83.4 cm³/mol. The van der Waals surface area contributed by atoms with Crippen molar-refractivity contribution < 1.29 is 14.3 Å². The van der Waals surface area contributed by atoms with Crippen molar-refractivity contribution in [2.24, 2.45) is 0 Å². The molecule has 1 rings (SSSR count). The van der Waals surface area contributed by atoms with Crippen molar-refractivity contribution in [3.63, 3.8) is 0 Å². The lowest BCUT2D eigenvalue weighted by Crippen LogP contribution is -2.31. The van der Waals surface area contributed by atoms with Crippen LogP contribution in [0.15, 0.2) is 24.3 Å². The second-order valence-electron chi connectivity index (χ2n) is 5.10. The average Bonchev–Trinajstić information content (AvgIpc) is 2.44. The maximum atomic E-state index is 11.6. The maximum absolute atomic E-state index is 11.6. The Bertz CT molecular complexity index is 422. The molecule has 118 valence electrons. The van der Waals surface area contributed by atoms with Gasteiger partial charge in [-0.3, -0.25) is 4.79 Å². The van der Waals surface area contributed by atoms with E-state index in [1.807, 2.05) is 38.1 Å². The molecule has 0 fully saturated rings. The summed E-state index contributed by atoms with van der Waals surface area (Å²) in [7, 11) is 1.68. The van der Waals surface area contributed by atoms with Gasteiger partial charge in [0.1, 0.15) is 5.75 Å². The van der Waals surface area contributed by atoms with Crippen LogP contribution < -0.4 is 15.4 Å². The molecule has 1 aromatic carbocycles. The van der Waals surface area contributed by atoms with Crippen LogP contribution in [0, 0.1) is 0 Å². The van der Waals surface area contributed by atoms with Crippen molar-refractivity contribution >= 4 is 5.91 Å². The quantitative estimate of drug-likeness (QED) is 0.645. The molecule has 1 amide bonds. The van der Waals surface area contributed by atoms with E-state index in [9.17, 15) is 4.79 Å². The Kier molecular flexibility index (Phi) is 8.47. The molecule has 2 N–H and O–H groups in total. The summed E-state index contributed by atoms with van der Waals surface area (Å²) < 4.78 is 10.7. The topological polar surface area (TPSA) is 59.6 Å². The van der Waals surface area contributed by atoms with Gasteiger partial charge in [-0.1, -0.05) is 18.2 Å². The average molecular weight is 294 g/mol. The highest BCUT2D eigenvalue weighted by Crippen LogP contribution is 2.17. The first-order chi connectivity index (χ1) is 10.1. The molecule has 21 heavy (non-hydrogen) atoms. The normalized spacial score (nSPS) is 10.7. The number of methoxy groups -OCH3 is 1. The Morgan fingerprint density at radius 1 is 1.24 bits per heavy atom. The van der Waals surface area contributed by atoms with Crippen LogP contribution in [0.5, 0.6) is 5.75 Å². The van der Waals surface area contributed by atoms with E-state index in [1.165, 1.54) is 0 Å². The Labute approximate surface area is 127 Å². The van der Waals surface area contributed by atoms with Crippen LogP contribution in [0.25, 0.3) is 0 Å². The number of amides is 1. The van der Waals surface area contributed by atoms with Crippen molar-refractivity contribution in [1.29, 1.82) is 0 Å². The second kappa shape index (κ2) is 10.2. The largest absolute Gasteiger partial charge is 0.493 e. The zero-order valence-electron chi connectivity index (χ0n) is 13.1. The van der Waals surface area contributed by atoms with Gasteiger partial charge < -0.3 is 20.1 Å². The number of carbonyl (C=O) groups excluding carboxylic acids is 1. The summed E-state index contributed by atoms with van der Waals surface area (Å²) in [5.74, 6) is 0.834. The van der Waals surface area contributed by atoms with E-state index in [0.717, 1.165) is 24.4 Å². The van der Waals surface area contributed by atoms with Crippen LogP contribution >= 0.6 is 0 Å². The molecule has 0 spiro atoms. The molecule has 0 heterocycles. The van der Waals surface area contributed by atoms with Crippen molar-refractivity contribution in [1.82, 2.24) is 10.6 Å². The molecule has 0 radical (unpaired) electrons. The third-order valence-electron chi connectivity index (χ3n) is 2.81. The van der Waals surface area contributed by atoms with Gasteiger partial charge in [0.25, 0.3) is 0 Å². The molecular formula is C16H26N2O3. The van der Waals surface area contributed by atoms with E-state index >= 15 is 0 Å². The molecule has 0 bridgehead atoms. The summed E-state index contributed by atoms with van der Waals surface area (Å²) in [5.41, 5.74) is 1.08. The number of hydrogen-bond donors (Lipinski definition) is 2. The SMILES string of the molecule is COCCNCc1ccccc1OCCC(=O)NC(C)C. The minimum absolute atomic E-state index is 0.0145. The summed E-state index contributed by atoms with van der Waals surface area (Å²) in [5, 5.41) is 6.13. The number of ether oxygens (including phenoxy) is 2. The number of benzene rings is 1. The lowest BCUT2D eigenvalue weighted by atomic mass is 10.2. The van der Waals surface area contributed by atoms with Gasteiger partial charge in [0.05, 0.1) is 19.6 Å². The summed E-state index contributed by atoms with van der Waals surface area (Å²) in [6, 6.07) is 8.01. The van der Waals surface area contributed by atoms with Crippen LogP contribution in [0.4, 0.5) is 0 Å². The van der Waals surface area contributed by atoms with E-state index in [1.54, 1.807) is 7.11 Å². The molecule has 0 atom stereocenters. The van der Waals surface area contributed by atoms with E-state index in [2.05, 4.69) is 10.6 Å². The van der Waals surface area contributed by atoms with Crippen LogP contribution in [-0.2, 0) is 16.1 Å². The van der Waals surface area contributed by atoms with Crippen LogP contribution in [0.2, 0.25) is 0 Å². The Balaban J connectivity index is 2.38. The highest BCUT2D eigenvalue weighted by atomic mass is 16.5. The smallest absolute Gasteiger partial charge is 0.223 e. The second-order valence-corrected chi connectivity index (χ2v) is 5.10. The summed E-state index contributed by atoms with van der Waals surface area (Å²) in [4.78, 5) is 11.6. The number of carbonyl (C=O) groups is 1. The van der Waals surface area contributed by atoms with Gasteiger partial charge in [0, 0.05) is 31.8 Å². The lowest BCUT2D eigenvalue weighted by molar-refractivity contribution is -0.122.